The Balaban J connectivity index is 2.74. The van der Waals surface area contributed by atoms with E-state index in [9.17, 15) is 4.39 Å². The van der Waals surface area contributed by atoms with Crippen molar-refractivity contribution in [3.8, 4) is 0 Å². The Hall–Kier alpha value is -0.890. The van der Waals surface area contributed by atoms with Gasteiger partial charge in [-0.2, -0.15) is 0 Å². The molecular weight excluding hydrogens is 141 g/mol. The van der Waals surface area contributed by atoms with Crippen molar-refractivity contribution in [1.82, 2.24) is 5.32 Å². The maximum atomic E-state index is 12.3. The van der Waals surface area contributed by atoms with Gasteiger partial charge in [0.05, 0.1) is 6.04 Å². The highest BCUT2D eigenvalue weighted by Gasteiger charge is 2.05. The molecule has 0 aliphatic carbocycles. The van der Waals surface area contributed by atoms with Crippen molar-refractivity contribution < 1.29 is 4.39 Å². The summed E-state index contributed by atoms with van der Waals surface area (Å²) in [4.78, 5) is 0. The maximum absolute atomic E-state index is 12.3. The fourth-order valence-corrected chi connectivity index (χ4v) is 1.02. The monoisotopic (exact) mass is 153 g/mol. The van der Waals surface area contributed by atoms with Gasteiger partial charge in [-0.3, -0.25) is 0 Å². The fourth-order valence-electron chi connectivity index (χ4n) is 1.02. The van der Waals surface area contributed by atoms with Gasteiger partial charge in [0, 0.05) is 0 Å². The molecule has 0 amide bonds. The van der Waals surface area contributed by atoms with Crippen LogP contribution >= 0.6 is 0 Å². The van der Waals surface area contributed by atoms with Crippen molar-refractivity contribution in [3.05, 3.63) is 35.9 Å². The van der Waals surface area contributed by atoms with Gasteiger partial charge < -0.3 is 5.32 Å². The Bertz CT molecular complexity index is 194. The SMILES string of the molecule is CN[C@H](CF)c1ccccc1. The van der Waals surface area contributed by atoms with E-state index in [2.05, 4.69) is 5.32 Å². The molecule has 1 atom stereocenters. The van der Waals surface area contributed by atoms with Crippen LogP contribution in [0.5, 0.6) is 0 Å². The zero-order valence-corrected chi connectivity index (χ0v) is 6.55. The molecule has 0 unspecified atom stereocenters. The minimum atomic E-state index is -0.361. The molecule has 0 aliphatic heterocycles. The lowest BCUT2D eigenvalue weighted by atomic mass is 10.1. The number of benzene rings is 1. The van der Waals surface area contributed by atoms with Gasteiger partial charge in [-0.15, -0.1) is 0 Å². The maximum Gasteiger partial charge on any atom is 0.109 e. The van der Waals surface area contributed by atoms with Gasteiger partial charge >= 0.3 is 0 Å². The molecule has 0 bridgehead atoms. The zero-order valence-electron chi connectivity index (χ0n) is 6.55. The molecule has 1 aromatic carbocycles. The Morgan fingerprint density at radius 1 is 1.36 bits per heavy atom. The molecule has 1 nitrogen and oxygen atoms in total. The van der Waals surface area contributed by atoms with Gasteiger partial charge in [-0.25, -0.2) is 4.39 Å². The van der Waals surface area contributed by atoms with Crippen LogP contribution in [0.1, 0.15) is 11.6 Å². The third-order valence-electron chi connectivity index (χ3n) is 1.70. The molecule has 1 N–H and O–H groups in total. The molecule has 1 aromatic rings. The van der Waals surface area contributed by atoms with E-state index >= 15 is 0 Å². The molecule has 0 aliphatic rings. The summed E-state index contributed by atoms with van der Waals surface area (Å²) in [6.45, 7) is -0.361. The van der Waals surface area contributed by atoms with Crippen LogP contribution < -0.4 is 5.32 Å². The summed E-state index contributed by atoms with van der Waals surface area (Å²) >= 11 is 0. The lowest BCUT2D eigenvalue weighted by Gasteiger charge is -2.11. The van der Waals surface area contributed by atoms with Crippen molar-refractivity contribution in [1.29, 1.82) is 0 Å². The number of alkyl halides is 1. The highest BCUT2D eigenvalue weighted by atomic mass is 19.1. The van der Waals surface area contributed by atoms with E-state index in [0.29, 0.717) is 0 Å². The van der Waals surface area contributed by atoms with E-state index in [1.54, 1.807) is 7.05 Å². The van der Waals surface area contributed by atoms with Crippen LogP contribution in [0, 0.1) is 0 Å². The Kier molecular flexibility index (Phi) is 3.05. The second-order valence-electron chi connectivity index (χ2n) is 2.41. The quantitative estimate of drug-likeness (QED) is 0.699. The molecular formula is C9H12FN. The average molecular weight is 153 g/mol. The second kappa shape index (κ2) is 4.09. The first-order chi connectivity index (χ1) is 5.38. The average Bonchev–Trinajstić information content (AvgIpc) is 2.09. The van der Waals surface area contributed by atoms with Crippen molar-refractivity contribution in [2.24, 2.45) is 0 Å². The van der Waals surface area contributed by atoms with E-state index in [1.165, 1.54) is 0 Å². The van der Waals surface area contributed by atoms with Gasteiger partial charge in [0.1, 0.15) is 6.67 Å². The molecule has 2 heteroatoms. The van der Waals surface area contributed by atoms with Crippen molar-refractivity contribution in [2.45, 2.75) is 6.04 Å². The van der Waals surface area contributed by atoms with Crippen LogP contribution in [0.2, 0.25) is 0 Å². The van der Waals surface area contributed by atoms with Crippen LogP contribution in [-0.4, -0.2) is 13.7 Å². The van der Waals surface area contributed by atoms with Crippen LogP contribution in [0.3, 0.4) is 0 Å². The first-order valence-electron chi connectivity index (χ1n) is 3.66. The van der Waals surface area contributed by atoms with Gasteiger partial charge in [-0.1, -0.05) is 30.3 Å². The van der Waals surface area contributed by atoms with Gasteiger partial charge in [-0.05, 0) is 12.6 Å². The molecule has 0 saturated heterocycles. The molecule has 11 heavy (non-hydrogen) atoms. The number of nitrogens with one attached hydrogen (secondary N) is 1. The predicted octanol–water partition coefficient (Wildman–Crippen LogP) is 1.92. The van der Waals surface area contributed by atoms with E-state index in [0.717, 1.165) is 5.56 Å². The molecule has 0 radical (unpaired) electrons. The summed E-state index contributed by atoms with van der Waals surface area (Å²) in [5.41, 5.74) is 0.998. The van der Waals surface area contributed by atoms with Crippen molar-refractivity contribution >= 4 is 0 Å². The highest BCUT2D eigenvalue weighted by molar-refractivity contribution is 5.18. The van der Waals surface area contributed by atoms with E-state index in [1.807, 2.05) is 30.3 Å². The standard InChI is InChI=1S/C9H12FN/c1-11-9(7-10)8-5-3-2-4-6-8/h2-6,9,11H,7H2,1H3/t9-/m1/s1. The topological polar surface area (TPSA) is 12.0 Å². The smallest absolute Gasteiger partial charge is 0.109 e. The summed E-state index contributed by atoms with van der Waals surface area (Å²) in [6.07, 6.45) is 0. The summed E-state index contributed by atoms with van der Waals surface area (Å²) in [5.74, 6) is 0. The lowest BCUT2D eigenvalue weighted by molar-refractivity contribution is 0.400. The van der Waals surface area contributed by atoms with Crippen LogP contribution in [-0.2, 0) is 0 Å². The molecule has 0 saturated carbocycles. The first kappa shape index (κ1) is 8.21. The van der Waals surface area contributed by atoms with Crippen LogP contribution in [0.25, 0.3) is 0 Å². The fraction of sp³-hybridized carbons (Fsp3) is 0.333. The number of hydrogen-bond acceptors (Lipinski definition) is 1. The second-order valence-corrected chi connectivity index (χ2v) is 2.41. The van der Waals surface area contributed by atoms with Gasteiger partial charge in [0.15, 0.2) is 0 Å². The predicted molar refractivity (Wildman–Crippen MR) is 44.2 cm³/mol. The van der Waals surface area contributed by atoms with E-state index in [4.69, 9.17) is 0 Å². The lowest BCUT2D eigenvalue weighted by Crippen LogP contribution is -2.17. The van der Waals surface area contributed by atoms with Gasteiger partial charge in [0.2, 0.25) is 0 Å². The Morgan fingerprint density at radius 2 is 2.00 bits per heavy atom. The van der Waals surface area contributed by atoms with E-state index < -0.39 is 0 Å². The third kappa shape index (κ3) is 2.02. The van der Waals surface area contributed by atoms with Crippen LogP contribution in [0.15, 0.2) is 30.3 Å². The minimum absolute atomic E-state index is 0.156. The van der Waals surface area contributed by atoms with Gasteiger partial charge in [0.25, 0.3) is 0 Å². The molecule has 0 fully saturated rings. The number of rotatable bonds is 3. The van der Waals surface area contributed by atoms with Crippen molar-refractivity contribution in [3.63, 3.8) is 0 Å². The molecule has 60 valence electrons. The number of halogens is 1. The van der Waals surface area contributed by atoms with Crippen LogP contribution in [0.4, 0.5) is 4.39 Å². The number of hydrogen-bond donors (Lipinski definition) is 1. The highest BCUT2D eigenvalue weighted by Crippen LogP contribution is 2.11. The minimum Gasteiger partial charge on any atom is -0.311 e. The summed E-state index contributed by atoms with van der Waals surface area (Å²) < 4.78 is 12.3. The molecule has 0 spiro atoms. The normalized spacial score (nSPS) is 12.9. The zero-order chi connectivity index (χ0) is 8.10. The third-order valence-corrected chi connectivity index (χ3v) is 1.70. The molecule has 0 heterocycles. The first-order valence-corrected chi connectivity index (χ1v) is 3.66. The van der Waals surface area contributed by atoms with E-state index in [-0.39, 0.29) is 12.7 Å². The molecule has 1 rings (SSSR count). The van der Waals surface area contributed by atoms with Crippen molar-refractivity contribution in [2.75, 3.05) is 13.7 Å². The summed E-state index contributed by atoms with van der Waals surface area (Å²) in [6, 6.07) is 9.43. The summed E-state index contributed by atoms with van der Waals surface area (Å²) in [7, 11) is 1.76. The largest absolute Gasteiger partial charge is 0.311 e. The summed E-state index contributed by atoms with van der Waals surface area (Å²) in [5, 5.41) is 2.89. The Morgan fingerprint density at radius 3 is 2.45 bits per heavy atom. The molecule has 0 aromatic heterocycles. The Labute approximate surface area is 66.2 Å².